The van der Waals surface area contributed by atoms with E-state index in [2.05, 4.69) is 15.4 Å². The second-order valence-electron chi connectivity index (χ2n) is 6.56. The van der Waals surface area contributed by atoms with Crippen LogP contribution in [0.2, 0.25) is 0 Å². The minimum atomic E-state index is -0.244. The average molecular weight is 383 g/mol. The molecule has 7 heteroatoms. The summed E-state index contributed by atoms with van der Waals surface area (Å²) in [6.07, 6.45) is 5.46. The smallest absolute Gasteiger partial charge is 0.270 e. The number of nitrogens with one attached hydrogen (secondary N) is 1. The fraction of sp³-hybridized carbons (Fsp3) is 0.0455. The molecule has 0 atom stereocenters. The Hall–Kier alpha value is -4.13. The van der Waals surface area contributed by atoms with E-state index in [-0.39, 0.29) is 5.91 Å². The maximum atomic E-state index is 12.7. The lowest BCUT2D eigenvalue weighted by Gasteiger charge is -2.09. The number of amides is 1. The van der Waals surface area contributed by atoms with E-state index >= 15 is 0 Å². The lowest BCUT2D eigenvalue weighted by Crippen LogP contribution is -2.22. The van der Waals surface area contributed by atoms with Crippen LogP contribution in [-0.4, -0.2) is 25.0 Å². The minimum Gasteiger partial charge on any atom is -0.487 e. The van der Waals surface area contributed by atoms with Crippen LogP contribution < -0.4 is 10.2 Å². The standard InChI is InChI=1S/C22H17N5O2/c28-22(25-27-15-23-19-8-1-2-9-20(19)27)16-6-5-7-18(12-16)29-14-17-13-26-11-4-3-10-21(26)24-17/h1-13,15H,14H2,(H,25,28). The van der Waals surface area contributed by atoms with Crippen LogP contribution in [0.15, 0.2) is 85.5 Å². The van der Waals surface area contributed by atoms with Crippen LogP contribution in [-0.2, 0) is 6.61 Å². The van der Waals surface area contributed by atoms with Gasteiger partial charge in [0, 0.05) is 18.0 Å². The molecule has 0 aliphatic rings. The van der Waals surface area contributed by atoms with Crippen molar-refractivity contribution in [1.29, 1.82) is 0 Å². The van der Waals surface area contributed by atoms with Crippen LogP contribution in [0.3, 0.4) is 0 Å². The van der Waals surface area contributed by atoms with E-state index in [0.717, 1.165) is 22.4 Å². The topological polar surface area (TPSA) is 73.5 Å². The highest BCUT2D eigenvalue weighted by Gasteiger charge is 2.10. The molecule has 0 unspecified atom stereocenters. The second kappa shape index (κ2) is 7.12. The molecule has 7 nitrogen and oxygen atoms in total. The molecule has 142 valence electrons. The molecule has 0 spiro atoms. The summed E-state index contributed by atoms with van der Waals surface area (Å²) in [5, 5.41) is 0. The van der Waals surface area contributed by atoms with Gasteiger partial charge in [-0.2, -0.15) is 0 Å². The summed E-state index contributed by atoms with van der Waals surface area (Å²) in [6, 6.07) is 20.5. The summed E-state index contributed by atoms with van der Waals surface area (Å²) in [7, 11) is 0. The zero-order valence-electron chi connectivity index (χ0n) is 15.4. The number of ether oxygens (including phenoxy) is 1. The lowest BCUT2D eigenvalue weighted by molar-refractivity contribution is 0.101. The number of hydrogen-bond donors (Lipinski definition) is 1. The number of fused-ring (bicyclic) bond motifs is 2. The van der Waals surface area contributed by atoms with Gasteiger partial charge in [0.15, 0.2) is 0 Å². The third-order valence-corrected chi connectivity index (χ3v) is 4.57. The van der Waals surface area contributed by atoms with E-state index in [0.29, 0.717) is 17.9 Å². The zero-order valence-corrected chi connectivity index (χ0v) is 15.4. The van der Waals surface area contributed by atoms with Gasteiger partial charge in [-0.3, -0.25) is 10.2 Å². The molecule has 0 saturated carbocycles. The number of pyridine rings is 1. The summed E-state index contributed by atoms with van der Waals surface area (Å²) in [6.45, 7) is 0.318. The predicted molar refractivity (Wildman–Crippen MR) is 109 cm³/mol. The molecule has 5 rings (SSSR count). The Morgan fingerprint density at radius 2 is 1.93 bits per heavy atom. The first-order valence-corrected chi connectivity index (χ1v) is 9.15. The van der Waals surface area contributed by atoms with Crippen molar-refractivity contribution in [1.82, 2.24) is 19.0 Å². The van der Waals surface area contributed by atoms with Crippen molar-refractivity contribution in [3.8, 4) is 5.75 Å². The van der Waals surface area contributed by atoms with Gasteiger partial charge in [0.25, 0.3) is 5.91 Å². The van der Waals surface area contributed by atoms with Crippen molar-refractivity contribution in [2.45, 2.75) is 6.61 Å². The van der Waals surface area contributed by atoms with Gasteiger partial charge < -0.3 is 9.14 Å². The minimum absolute atomic E-state index is 0.244. The third-order valence-electron chi connectivity index (χ3n) is 4.57. The van der Waals surface area contributed by atoms with Crippen molar-refractivity contribution in [2.75, 3.05) is 5.43 Å². The maximum absolute atomic E-state index is 12.7. The Labute approximate surface area is 166 Å². The molecule has 0 aliphatic carbocycles. The second-order valence-corrected chi connectivity index (χ2v) is 6.56. The van der Waals surface area contributed by atoms with Crippen molar-refractivity contribution < 1.29 is 9.53 Å². The number of nitrogens with zero attached hydrogens (tertiary/aromatic N) is 4. The Bertz CT molecular complexity index is 1290. The Morgan fingerprint density at radius 1 is 1.03 bits per heavy atom. The molecule has 1 amide bonds. The normalized spacial score (nSPS) is 11.0. The van der Waals surface area contributed by atoms with E-state index in [1.54, 1.807) is 29.2 Å². The lowest BCUT2D eigenvalue weighted by atomic mass is 10.2. The van der Waals surface area contributed by atoms with Gasteiger partial charge in [-0.25, -0.2) is 14.6 Å². The van der Waals surface area contributed by atoms with Gasteiger partial charge in [0.05, 0.1) is 16.7 Å². The van der Waals surface area contributed by atoms with Gasteiger partial charge in [0.1, 0.15) is 24.3 Å². The Balaban J connectivity index is 1.30. The highest BCUT2D eigenvalue weighted by molar-refractivity contribution is 6.01. The largest absolute Gasteiger partial charge is 0.487 e. The molecule has 1 N–H and O–H groups in total. The number of rotatable bonds is 5. The van der Waals surface area contributed by atoms with E-state index in [1.807, 2.05) is 65.3 Å². The van der Waals surface area contributed by atoms with Crippen LogP contribution in [0.5, 0.6) is 5.75 Å². The summed E-state index contributed by atoms with van der Waals surface area (Å²) >= 11 is 0. The molecule has 0 saturated heterocycles. The van der Waals surface area contributed by atoms with Gasteiger partial charge in [-0.15, -0.1) is 0 Å². The van der Waals surface area contributed by atoms with E-state index < -0.39 is 0 Å². The molecular formula is C22H17N5O2. The number of hydrogen-bond acceptors (Lipinski definition) is 4. The number of imidazole rings is 2. The van der Waals surface area contributed by atoms with Crippen molar-refractivity contribution in [2.24, 2.45) is 0 Å². The summed E-state index contributed by atoms with van der Waals surface area (Å²) in [5.41, 5.74) is 6.67. The van der Waals surface area contributed by atoms with Gasteiger partial charge in [-0.1, -0.05) is 24.3 Å². The summed E-state index contributed by atoms with van der Waals surface area (Å²) < 4.78 is 9.40. The van der Waals surface area contributed by atoms with E-state index in [9.17, 15) is 4.79 Å². The van der Waals surface area contributed by atoms with Crippen molar-refractivity contribution in [3.63, 3.8) is 0 Å². The van der Waals surface area contributed by atoms with Crippen LogP contribution in [0.1, 0.15) is 16.1 Å². The Morgan fingerprint density at radius 3 is 2.86 bits per heavy atom. The monoisotopic (exact) mass is 383 g/mol. The fourth-order valence-corrected chi connectivity index (χ4v) is 3.16. The predicted octanol–water partition coefficient (Wildman–Crippen LogP) is 3.65. The number of carbonyl (C=O) groups is 1. The van der Waals surface area contributed by atoms with E-state index in [1.165, 1.54) is 0 Å². The highest BCUT2D eigenvalue weighted by atomic mass is 16.5. The van der Waals surface area contributed by atoms with Crippen LogP contribution in [0, 0.1) is 0 Å². The van der Waals surface area contributed by atoms with Crippen LogP contribution >= 0.6 is 0 Å². The van der Waals surface area contributed by atoms with Gasteiger partial charge >= 0.3 is 0 Å². The molecule has 0 radical (unpaired) electrons. The summed E-state index contributed by atoms with van der Waals surface area (Å²) in [4.78, 5) is 21.5. The molecule has 0 aliphatic heterocycles. The summed E-state index contributed by atoms with van der Waals surface area (Å²) in [5.74, 6) is 0.358. The SMILES string of the molecule is O=C(Nn1cnc2ccccc21)c1cccc(OCc2cn3ccccc3n2)c1. The number of para-hydroxylation sites is 2. The van der Waals surface area contributed by atoms with Crippen LogP contribution in [0.25, 0.3) is 16.7 Å². The highest BCUT2D eigenvalue weighted by Crippen LogP contribution is 2.16. The molecule has 3 aromatic heterocycles. The molecule has 0 bridgehead atoms. The van der Waals surface area contributed by atoms with Gasteiger partial charge in [-0.05, 0) is 42.5 Å². The third kappa shape index (κ3) is 3.41. The molecular weight excluding hydrogens is 366 g/mol. The number of aromatic nitrogens is 4. The number of benzene rings is 2. The molecule has 29 heavy (non-hydrogen) atoms. The van der Waals surface area contributed by atoms with Crippen molar-refractivity contribution >= 4 is 22.6 Å². The first-order valence-electron chi connectivity index (χ1n) is 9.15. The van der Waals surface area contributed by atoms with Crippen molar-refractivity contribution in [3.05, 3.63) is 96.7 Å². The first-order chi connectivity index (χ1) is 14.3. The molecule has 5 aromatic rings. The first kappa shape index (κ1) is 17.0. The zero-order chi connectivity index (χ0) is 19.6. The molecule has 2 aromatic carbocycles. The number of carbonyl (C=O) groups excluding carboxylic acids is 1. The fourth-order valence-electron chi connectivity index (χ4n) is 3.16. The molecule has 0 fully saturated rings. The van der Waals surface area contributed by atoms with Crippen LogP contribution in [0.4, 0.5) is 0 Å². The van der Waals surface area contributed by atoms with Gasteiger partial charge in [0.2, 0.25) is 0 Å². The average Bonchev–Trinajstić information content (AvgIpc) is 3.36. The van der Waals surface area contributed by atoms with E-state index in [4.69, 9.17) is 4.74 Å². The molecule has 3 heterocycles. The maximum Gasteiger partial charge on any atom is 0.270 e. The quantitative estimate of drug-likeness (QED) is 0.503. The Kier molecular flexibility index (Phi) is 4.18.